The molecule has 0 aliphatic heterocycles. The number of para-hydroxylation sites is 1. The van der Waals surface area contributed by atoms with Gasteiger partial charge in [0.15, 0.2) is 0 Å². The van der Waals surface area contributed by atoms with Crippen LogP contribution in [0.3, 0.4) is 0 Å². The smallest absolute Gasteiger partial charge is 0.248 e. The highest BCUT2D eigenvalue weighted by molar-refractivity contribution is 7.92. The van der Waals surface area contributed by atoms with E-state index in [0.717, 1.165) is 16.6 Å². The maximum atomic E-state index is 14.2. The van der Waals surface area contributed by atoms with Gasteiger partial charge in [-0.1, -0.05) is 42.3 Å². The fraction of sp³-hybridized carbons (Fsp3) is 0.235. The van der Waals surface area contributed by atoms with Gasteiger partial charge in [0.05, 0.1) is 22.0 Å². The first-order valence-corrected chi connectivity index (χ1v) is 10.3. The van der Waals surface area contributed by atoms with Gasteiger partial charge in [0.1, 0.15) is 11.9 Å². The van der Waals surface area contributed by atoms with Crippen LogP contribution in [-0.2, 0) is 14.8 Å². The van der Waals surface area contributed by atoms with Gasteiger partial charge in [-0.25, -0.2) is 12.8 Å². The molecule has 0 fully saturated rings. The van der Waals surface area contributed by atoms with Crippen LogP contribution in [0.2, 0.25) is 10.0 Å². The number of rotatable bonds is 6. The molecule has 0 saturated heterocycles. The van der Waals surface area contributed by atoms with E-state index in [4.69, 9.17) is 23.2 Å². The molecule has 0 aromatic heterocycles. The van der Waals surface area contributed by atoms with Gasteiger partial charge in [-0.15, -0.1) is 0 Å². The molecule has 5 nitrogen and oxygen atoms in total. The van der Waals surface area contributed by atoms with Gasteiger partial charge >= 0.3 is 0 Å². The number of sulfonamides is 1. The van der Waals surface area contributed by atoms with Crippen LogP contribution in [0.25, 0.3) is 0 Å². The number of anilines is 2. The largest absolute Gasteiger partial charge is 0.324 e. The van der Waals surface area contributed by atoms with E-state index in [1.54, 1.807) is 6.92 Å². The molecule has 2 rings (SSSR count). The average Bonchev–Trinajstić information content (AvgIpc) is 2.55. The number of hydrogen-bond donors (Lipinski definition) is 1. The molecule has 0 spiro atoms. The van der Waals surface area contributed by atoms with Gasteiger partial charge in [0, 0.05) is 5.69 Å². The highest BCUT2D eigenvalue weighted by Crippen LogP contribution is 2.28. The van der Waals surface area contributed by atoms with Gasteiger partial charge in [-0.2, -0.15) is 0 Å². The maximum Gasteiger partial charge on any atom is 0.248 e. The summed E-state index contributed by atoms with van der Waals surface area (Å²) in [6.45, 7) is 1.64. The number of carbonyl (C=O) groups excluding carboxylic acids is 1. The zero-order valence-corrected chi connectivity index (χ0v) is 16.4. The molecule has 0 aliphatic rings. The minimum Gasteiger partial charge on any atom is -0.324 e. The Labute approximate surface area is 161 Å². The number of nitrogens with one attached hydrogen (secondary N) is 1. The van der Waals surface area contributed by atoms with E-state index < -0.39 is 27.8 Å². The van der Waals surface area contributed by atoms with E-state index >= 15 is 0 Å². The Morgan fingerprint density at radius 3 is 2.38 bits per heavy atom. The zero-order valence-electron chi connectivity index (χ0n) is 14.0. The fourth-order valence-corrected chi connectivity index (χ4v) is 3.98. The summed E-state index contributed by atoms with van der Waals surface area (Å²) in [4.78, 5) is 12.7. The highest BCUT2D eigenvalue weighted by atomic mass is 35.5. The second kappa shape index (κ2) is 8.24. The summed E-state index contributed by atoms with van der Waals surface area (Å²) in [5.41, 5.74) is 0.163. The summed E-state index contributed by atoms with van der Waals surface area (Å²) in [6.07, 6.45) is 1.06. The predicted octanol–water partition coefficient (Wildman–Crippen LogP) is 4.32. The van der Waals surface area contributed by atoms with Gasteiger partial charge in [-0.05, 0) is 36.8 Å². The number of nitrogens with zero attached hydrogens (tertiary/aromatic N) is 1. The highest BCUT2D eigenvalue weighted by Gasteiger charge is 2.33. The average molecular weight is 419 g/mol. The molecule has 140 valence electrons. The van der Waals surface area contributed by atoms with Crippen molar-refractivity contribution in [2.75, 3.05) is 15.9 Å². The van der Waals surface area contributed by atoms with Crippen LogP contribution in [-0.4, -0.2) is 26.6 Å². The molecular formula is C17H17Cl2FN2O3S. The minimum absolute atomic E-state index is 0.133. The Morgan fingerprint density at radius 1 is 1.19 bits per heavy atom. The van der Waals surface area contributed by atoms with Crippen molar-refractivity contribution >= 4 is 50.5 Å². The normalized spacial score (nSPS) is 12.5. The lowest BCUT2D eigenvalue weighted by molar-refractivity contribution is -0.117. The predicted molar refractivity (Wildman–Crippen MR) is 103 cm³/mol. The third-order valence-electron chi connectivity index (χ3n) is 3.61. The van der Waals surface area contributed by atoms with E-state index in [1.807, 2.05) is 0 Å². The first-order chi connectivity index (χ1) is 12.1. The molecule has 2 aromatic rings. The number of amides is 1. The second-order valence-corrected chi connectivity index (χ2v) is 8.23. The van der Waals surface area contributed by atoms with Crippen molar-refractivity contribution < 1.29 is 17.6 Å². The summed E-state index contributed by atoms with van der Waals surface area (Å²) < 4.78 is 39.5. The molecule has 2 aromatic carbocycles. The van der Waals surface area contributed by atoms with Crippen molar-refractivity contribution in [2.24, 2.45) is 0 Å². The van der Waals surface area contributed by atoms with Gasteiger partial charge in [-0.3, -0.25) is 9.10 Å². The molecule has 1 amide bonds. The molecule has 0 unspecified atom stereocenters. The van der Waals surface area contributed by atoms with Crippen LogP contribution >= 0.6 is 23.2 Å². The van der Waals surface area contributed by atoms with Crippen LogP contribution in [0.5, 0.6) is 0 Å². The van der Waals surface area contributed by atoms with Crippen LogP contribution in [0.15, 0.2) is 42.5 Å². The van der Waals surface area contributed by atoms with Crippen molar-refractivity contribution in [3.8, 4) is 0 Å². The molecule has 0 heterocycles. The monoisotopic (exact) mass is 418 g/mol. The van der Waals surface area contributed by atoms with E-state index in [0.29, 0.717) is 10.7 Å². The quantitative estimate of drug-likeness (QED) is 0.759. The first kappa shape index (κ1) is 20.5. The Kier molecular flexibility index (Phi) is 6.49. The topological polar surface area (TPSA) is 66.5 Å². The minimum atomic E-state index is -3.92. The van der Waals surface area contributed by atoms with Crippen LogP contribution in [0.4, 0.5) is 15.8 Å². The van der Waals surface area contributed by atoms with Crippen LogP contribution in [0, 0.1) is 5.82 Å². The molecule has 0 bridgehead atoms. The Balaban J connectivity index is 2.40. The maximum absolute atomic E-state index is 14.2. The van der Waals surface area contributed by atoms with Gasteiger partial charge < -0.3 is 5.32 Å². The van der Waals surface area contributed by atoms with E-state index in [2.05, 4.69) is 5.32 Å². The molecule has 0 aliphatic carbocycles. The van der Waals surface area contributed by atoms with Crippen LogP contribution in [0.1, 0.15) is 13.3 Å². The van der Waals surface area contributed by atoms with Crippen molar-refractivity contribution in [3.63, 3.8) is 0 Å². The Morgan fingerprint density at radius 2 is 1.85 bits per heavy atom. The van der Waals surface area contributed by atoms with Crippen molar-refractivity contribution in [1.29, 1.82) is 0 Å². The number of benzene rings is 2. The van der Waals surface area contributed by atoms with Crippen molar-refractivity contribution in [3.05, 3.63) is 58.3 Å². The summed E-state index contributed by atoms with van der Waals surface area (Å²) in [5.74, 6) is -1.35. The second-order valence-electron chi connectivity index (χ2n) is 5.55. The first-order valence-electron chi connectivity index (χ1n) is 7.65. The lowest BCUT2D eigenvalue weighted by Crippen LogP contribution is -2.47. The molecule has 0 radical (unpaired) electrons. The fourth-order valence-electron chi connectivity index (χ4n) is 2.47. The Bertz CT molecular complexity index is 922. The van der Waals surface area contributed by atoms with Crippen molar-refractivity contribution in [1.82, 2.24) is 0 Å². The molecule has 1 atom stereocenters. The van der Waals surface area contributed by atoms with Gasteiger partial charge in [0.2, 0.25) is 15.9 Å². The van der Waals surface area contributed by atoms with E-state index in [-0.39, 0.29) is 17.1 Å². The zero-order chi connectivity index (χ0) is 19.5. The number of carbonyl (C=O) groups is 1. The number of halogens is 3. The molecule has 0 saturated carbocycles. The summed E-state index contributed by atoms with van der Waals surface area (Å²) in [5, 5.41) is 3.15. The van der Waals surface area contributed by atoms with E-state index in [9.17, 15) is 17.6 Å². The summed E-state index contributed by atoms with van der Waals surface area (Å²) >= 11 is 11.8. The summed E-state index contributed by atoms with van der Waals surface area (Å²) in [6, 6.07) is 8.73. The molecule has 1 N–H and O–H groups in total. The van der Waals surface area contributed by atoms with Crippen LogP contribution < -0.4 is 9.62 Å². The molecule has 9 heteroatoms. The third kappa shape index (κ3) is 4.66. The molecular weight excluding hydrogens is 402 g/mol. The Hall–Kier alpha value is -1.83. The third-order valence-corrected chi connectivity index (χ3v) is 5.51. The number of hydrogen-bond acceptors (Lipinski definition) is 3. The van der Waals surface area contributed by atoms with Gasteiger partial charge in [0.25, 0.3) is 0 Å². The van der Waals surface area contributed by atoms with Crippen molar-refractivity contribution in [2.45, 2.75) is 19.4 Å². The molecule has 26 heavy (non-hydrogen) atoms. The van der Waals surface area contributed by atoms with E-state index in [1.165, 1.54) is 36.4 Å². The lowest BCUT2D eigenvalue weighted by atomic mass is 10.1. The SMILES string of the molecule is CC[C@@H](C(=O)Nc1ccc(Cl)c(Cl)c1)N(c1ccccc1F)S(C)(=O)=O. The standard InChI is InChI=1S/C17H17Cl2FN2O3S/c1-3-15(17(23)21-11-8-9-12(18)13(19)10-11)22(26(2,24)25)16-7-5-4-6-14(16)20/h4-10,15H,3H2,1-2H3,(H,21,23)/t15-/m0/s1. The lowest BCUT2D eigenvalue weighted by Gasteiger charge is -2.30. The summed E-state index contributed by atoms with van der Waals surface area (Å²) in [7, 11) is -3.92.